The largest absolute Gasteiger partial charge is 0.460 e. The fourth-order valence-electron chi connectivity index (χ4n) is 1.73. The highest BCUT2D eigenvalue weighted by molar-refractivity contribution is 5.85. The Morgan fingerprint density at radius 1 is 1.67 bits per heavy atom. The molecule has 6 heteroatoms. The van der Waals surface area contributed by atoms with Crippen LogP contribution in [0.1, 0.15) is 36.3 Å². The lowest BCUT2D eigenvalue weighted by molar-refractivity contribution is 0.0502. The molecule has 0 aliphatic carbocycles. The van der Waals surface area contributed by atoms with Crippen molar-refractivity contribution in [2.75, 3.05) is 13.2 Å². The van der Waals surface area contributed by atoms with Gasteiger partial charge in [0.15, 0.2) is 0 Å². The quantitative estimate of drug-likeness (QED) is 0.702. The Morgan fingerprint density at radius 2 is 2.47 bits per heavy atom. The summed E-state index contributed by atoms with van der Waals surface area (Å²) in [4.78, 5) is 11.6. The van der Waals surface area contributed by atoms with Gasteiger partial charge in [-0.2, -0.15) is 0 Å². The Kier molecular flexibility index (Phi) is 2.68. The fourth-order valence-corrected chi connectivity index (χ4v) is 1.73. The number of fused-ring (bicyclic) bond motifs is 1. The fraction of sp³-hybridized carbons (Fsp3) is 0.667. The van der Waals surface area contributed by atoms with Gasteiger partial charge in [0, 0.05) is 12.6 Å². The summed E-state index contributed by atoms with van der Waals surface area (Å²) in [7, 11) is 0. The van der Waals surface area contributed by atoms with Crippen LogP contribution >= 0.6 is 0 Å². The van der Waals surface area contributed by atoms with E-state index in [2.05, 4.69) is 15.5 Å². The van der Waals surface area contributed by atoms with Gasteiger partial charge in [-0.3, -0.25) is 0 Å². The number of carbonyl (C=O) groups is 1. The van der Waals surface area contributed by atoms with Crippen LogP contribution in [0.25, 0.3) is 0 Å². The minimum absolute atomic E-state index is 0.183. The van der Waals surface area contributed by atoms with E-state index in [1.165, 1.54) is 0 Å². The summed E-state index contributed by atoms with van der Waals surface area (Å²) >= 11 is 0. The molecule has 15 heavy (non-hydrogen) atoms. The Hall–Kier alpha value is -1.43. The molecule has 1 aromatic heterocycles. The van der Waals surface area contributed by atoms with Crippen LogP contribution in [-0.4, -0.2) is 33.9 Å². The molecule has 0 amide bonds. The van der Waals surface area contributed by atoms with Gasteiger partial charge in [0.1, 0.15) is 5.82 Å². The zero-order valence-corrected chi connectivity index (χ0v) is 8.86. The first-order valence-corrected chi connectivity index (χ1v) is 5.05. The third kappa shape index (κ3) is 1.72. The summed E-state index contributed by atoms with van der Waals surface area (Å²) in [5, 5.41) is 11.0. The molecule has 82 valence electrons. The molecule has 0 radical (unpaired) electrons. The van der Waals surface area contributed by atoms with Crippen molar-refractivity contribution >= 4 is 5.97 Å². The Bertz CT molecular complexity index is 374. The van der Waals surface area contributed by atoms with Gasteiger partial charge in [0.25, 0.3) is 0 Å². The number of ether oxygens (including phenoxy) is 1. The van der Waals surface area contributed by atoms with E-state index in [-0.39, 0.29) is 6.04 Å². The lowest BCUT2D eigenvalue weighted by Gasteiger charge is -2.22. The van der Waals surface area contributed by atoms with Gasteiger partial charge in [0.05, 0.1) is 13.2 Å². The molecule has 0 fully saturated rings. The normalized spacial score (nSPS) is 19.7. The van der Waals surface area contributed by atoms with E-state index in [0.29, 0.717) is 19.0 Å². The van der Waals surface area contributed by atoms with Gasteiger partial charge in [0.2, 0.25) is 5.82 Å². The minimum atomic E-state index is -0.398. The summed E-state index contributed by atoms with van der Waals surface area (Å²) in [6.45, 7) is 5.61. The first-order chi connectivity index (χ1) is 7.24. The van der Waals surface area contributed by atoms with Crippen LogP contribution in [0.15, 0.2) is 0 Å². The summed E-state index contributed by atoms with van der Waals surface area (Å²) in [6.07, 6.45) is 0. The van der Waals surface area contributed by atoms with Crippen molar-refractivity contribution in [3.8, 4) is 0 Å². The third-order valence-electron chi connectivity index (χ3n) is 2.39. The number of hydrogen-bond donors (Lipinski definition) is 1. The Balaban J connectivity index is 2.33. The zero-order valence-electron chi connectivity index (χ0n) is 8.86. The van der Waals surface area contributed by atoms with Crippen LogP contribution in [0.5, 0.6) is 0 Å². The number of esters is 1. The van der Waals surface area contributed by atoms with Crippen LogP contribution in [0.2, 0.25) is 0 Å². The maximum atomic E-state index is 11.6. The van der Waals surface area contributed by atoms with E-state index in [4.69, 9.17) is 4.74 Å². The van der Waals surface area contributed by atoms with Gasteiger partial charge in [-0.15, -0.1) is 10.2 Å². The monoisotopic (exact) mass is 210 g/mol. The van der Waals surface area contributed by atoms with Crippen molar-refractivity contribution in [3.63, 3.8) is 0 Å². The molecule has 0 bridgehead atoms. The van der Waals surface area contributed by atoms with E-state index in [1.807, 2.05) is 11.5 Å². The number of aromatic nitrogens is 3. The Labute approximate surface area is 87.6 Å². The molecule has 2 heterocycles. The number of nitrogens with one attached hydrogen (secondary N) is 1. The van der Waals surface area contributed by atoms with E-state index in [9.17, 15) is 4.79 Å². The zero-order chi connectivity index (χ0) is 10.8. The first kappa shape index (κ1) is 10.1. The number of nitrogens with zero attached hydrogens (tertiary/aromatic N) is 3. The predicted octanol–water partition coefficient (Wildman–Crippen LogP) is 0.119. The van der Waals surface area contributed by atoms with Crippen molar-refractivity contribution < 1.29 is 9.53 Å². The molecule has 1 N–H and O–H groups in total. The van der Waals surface area contributed by atoms with Gasteiger partial charge in [-0.05, 0) is 13.8 Å². The predicted molar refractivity (Wildman–Crippen MR) is 52.4 cm³/mol. The average molecular weight is 210 g/mol. The highest BCUT2D eigenvalue weighted by Crippen LogP contribution is 2.16. The molecule has 6 nitrogen and oxygen atoms in total. The second kappa shape index (κ2) is 3.98. The van der Waals surface area contributed by atoms with Crippen molar-refractivity contribution in [1.82, 2.24) is 20.1 Å². The number of rotatable bonds is 2. The minimum Gasteiger partial charge on any atom is -0.460 e. The summed E-state index contributed by atoms with van der Waals surface area (Å²) in [6, 6.07) is 0.183. The molecule has 2 rings (SSSR count). The van der Waals surface area contributed by atoms with Crippen molar-refractivity contribution in [2.45, 2.75) is 26.4 Å². The standard InChI is InChI=1S/C9H14N4O2/c1-3-15-9(14)8-12-11-7-5-10-4-6(2)13(7)8/h6,10H,3-5H2,1-2H3. The van der Waals surface area contributed by atoms with Crippen molar-refractivity contribution in [2.24, 2.45) is 0 Å². The molecule has 0 saturated heterocycles. The van der Waals surface area contributed by atoms with Crippen LogP contribution < -0.4 is 5.32 Å². The maximum Gasteiger partial charge on any atom is 0.376 e. The van der Waals surface area contributed by atoms with E-state index < -0.39 is 5.97 Å². The smallest absolute Gasteiger partial charge is 0.376 e. The van der Waals surface area contributed by atoms with Gasteiger partial charge in [-0.1, -0.05) is 0 Å². The first-order valence-electron chi connectivity index (χ1n) is 5.05. The Morgan fingerprint density at radius 3 is 3.20 bits per heavy atom. The van der Waals surface area contributed by atoms with Crippen molar-refractivity contribution in [1.29, 1.82) is 0 Å². The molecule has 1 aromatic rings. The number of carbonyl (C=O) groups excluding carboxylic acids is 1. The highest BCUT2D eigenvalue weighted by atomic mass is 16.5. The lowest BCUT2D eigenvalue weighted by atomic mass is 10.2. The van der Waals surface area contributed by atoms with E-state index in [0.717, 1.165) is 12.4 Å². The SMILES string of the molecule is CCOC(=O)c1nnc2n1C(C)CNC2. The van der Waals surface area contributed by atoms with Gasteiger partial charge in [-0.25, -0.2) is 4.79 Å². The molecule has 1 atom stereocenters. The van der Waals surface area contributed by atoms with Gasteiger partial charge >= 0.3 is 5.97 Å². The molecule has 0 saturated carbocycles. The second-order valence-corrected chi connectivity index (χ2v) is 3.51. The van der Waals surface area contributed by atoms with Gasteiger partial charge < -0.3 is 14.6 Å². The van der Waals surface area contributed by atoms with E-state index in [1.54, 1.807) is 6.92 Å². The molecule has 1 aliphatic heterocycles. The molecular weight excluding hydrogens is 196 g/mol. The number of hydrogen-bond acceptors (Lipinski definition) is 5. The van der Waals surface area contributed by atoms with Crippen LogP contribution in [-0.2, 0) is 11.3 Å². The van der Waals surface area contributed by atoms with Crippen LogP contribution in [0, 0.1) is 0 Å². The molecule has 1 unspecified atom stereocenters. The van der Waals surface area contributed by atoms with Crippen LogP contribution in [0.3, 0.4) is 0 Å². The molecular formula is C9H14N4O2. The summed E-state index contributed by atoms with van der Waals surface area (Å²) < 4.78 is 6.76. The average Bonchev–Trinajstić information content (AvgIpc) is 2.63. The summed E-state index contributed by atoms with van der Waals surface area (Å²) in [5.41, 5.74) is 0. The maximum absolute atomic E-state index is 11.6. The molecule has 0 aromatic carbocycles. The van der Waals surface area contributed by atoms with Crippen molar-refractivity contribution in [3.05, 3.63) is 11.6 Å². The third-order valence-corrected chi connectivity index (χ3v) is 2.39. The molecule has 0 spiro atoms. The highest BCUT2D eigenvalue weighted by Gasteiger charge is 2.25. The molecule has 1 aliphatic rings. The lowest BCUT2D eigenvalue weighted by Crippen LogP contribution is -2.33. The second-order valence-electron chi connectivity index (χ2n) is 3.51. The topological polar surface area (TPSA) is 69.0 Å². The van der Waals surface area contributed by atoms with E-state index >= 15 is 0 Å². The summed E-state index contributed by atoms with van der Waals surface area (Å²) in [5.74, 6) is 0.697. The van der Waals surface area contributed by atoms with Crippen LogP contribution in [0.4, 0.5) is 0 Å².